The third kappa shape index (κ3) is 2.06. The number of carbonyl (C=O) groups excluding carboxylic acids is 1. The Morgan fingerprint density at radius 2 is 2.40 bits per heavy atom. The van der Waals surface area contributed by atoms with Crippen LogP contribution in [0.5, 0.6) is 0 Å². The summed E-state index contributed by atoms with van der Waals surface area (Å²) in [6.45, 7) is 3.93. The van der Waals surface area contributed by atoms with Gasteiger partial charge < -0.3 is 4.90 Å². The van der Waals surface area contributed by atoms with E-state index >= 15 is 0 Å². The maximum absolute atomic E-state index is 10.9. The molecular weight excluding hydrogens is 188 g/mol. The number of pyridine rings is 1. The third-order valence-electron chi connectivity index (χ3n) is 2.68. The zero-order chi connectivity index (χ0) is 10.7. The molecule has 1 aliphatic rings. The Morgan fingerprint density at radius 1 is 1.53 bits per heavy atom. The van der Waals surface area contributed by atoms with Gasteiger partial charge in [0, 0.05) is 19.3 Å². The highest BCUT2D eigenvalue weighted by Crippen LogP contribution is 2.19. The third-order valence-corrected chi connectivity index (χ3v) is 2.68. The van der Waals surface area contributed by atoms with Crippen molar-refractivity contribution in [2.75, 3.05) is 18.0 Å². The number of carbonyl (C=O) groups is 1. The minimum atomic E-state index is 0.672. The van der Waals surface area contributed by atoms with Crippen LogP contribution in [0.25, 0.3) is 0 Å². The van der Waals surface area contributed by atoms with Crippen molar-refractivity contribution in [3.63, 3.8) is 0 Å². The summed E-state index contributed by atoms with van der Waals surface area (Å²) >= 11 is 0. The second-order valence-electron chi connectivity index (χ2n) is 3.78. The van der Waals surface area contributed by atoms with Crippen molar-refractivity contribution in [1.29, 1.82) is 0 Å². The smallest absolute Gasteiger partial charge is 0.153 e. The van der Waals surface area contributed by atoms with Gasteiger partial charge in [0.25, 0.3) is 0 Å². The molecule has 2 rings (SSSR count). The Balaban J connectivity index is 2.26. The van der Waals surface area contributed by atoms with Crippen LogP contribution in [0.3, 0.4) is 0 Å². The van der Waals surface area contributed by atoms with Crippen LogP contribution in [0.4, 0.5) is 5.82 Å². The van der Waals surface area contributed by atoms with Crippen molar-refractivity contribution in [2.45, 2.75) is 13.3 Å². The molecule has 0 amide bonds. The minimum absolute atomic E-state index is 0.672. The van der Waals surface area contributed by atoms with Gasteiger partial charge in [-0.25, -0.2) is 4.98 Å². The predicted octanol–water partition coefficient (Wildman–Crippen LogP) is 2.05. The van der Waals surface area contributed by atoms with Gasteiger partial charge in [-0.05, 0) is 25.5 Å². The van der Waals surface area contributed by atoms with Crippen LogP contribution in [0.15, 0.2) is 30.0 Å². The molecule has 3 heteroatoms. The first kappa shape index (κ1) is 9.90. The Labute approximate surface area is 89.4 Å². The van der Waals surface area contributed by atoms with Gasteiger partial charge in [-0.1, -0.05) is 11.6 Å². The van der Waals surface area contributed by atoms with Gasteiger partial charge in [0.05, 0.1) is 5.56 Å². The minimum Gasteiger partial charge on any atom is -0.352 e. The summed E-state index contributed by atoms with van der Waals surface area (Å²) in [6, 6.07) is 3.60. The number of aldehydes is 1. The molecule has 1 aliphatic heterocycles. The van der Waals surface area contributed by atoms with Gasteiger partial charge in [-0.3, -0.25) is 4.79 Å². The molecule has 0 atom stereocenters. The topological polar surface area (TPSA) is 33.2 Å². The standard InChI is InChI=1S/C12H14N2O/c1-10-4-7-14(8-5-10)12-11(9-15)3-2-6-13-12/h2-4,6,9H,5,7-8H2,1H3. The summed E-state index contributed by atoms with van der Waals surface area (Å²) in [7, 11) is 0. The van der Waals surface area contributed by atoms with Crippen LogP contribution in [0.1, 0.15) is 23.7 Å². The lowest BCUT2D eigenvalue weighted by Gasteiger charge is -2.27. The van der Waals surface area contributed by atoms with E-state index in [9.17, 15) is 4.79 Å². The molecule has 0 saturated carbocycles. The zero-order valence-corrected chi connectivity index (χ0v) is 8.81. The molecule has 0 radical (unpaired) electrons. The van der Waals surface area contributed by atoms with Crippen LogP contribution in [-0.2, 0) is 0 Å². The largest absolute Gasteiger partial charge is 0.352 e. The Hall–Kier alpha value is -1.64. The van der Waals surface area contributed by atoms with Gasteiger partial charge in [0.1, 0.15) is 5.82 Å². The predicted molar refractivity (Wildman–Crippen MR) is 60.2 cm³/mol. The van der Waals surface area contributed by atoms with E-state index in [2.05, 4.69) is 22.9 Å². The molecule has 0 aromatic carbocycles. The fourth-order valence-corrected chi connectivity index (χ4v) is 1.73. The summed E-state index contributed by atoms with van der Waals surface area (Å²) in [6.07, 6.45) is 5.84. The highest BCUT2D eigenvalue weighted by Gasteiger charge is 2.13. The van der Waals surface area contributed by atoms with Crippen LogP contribution in [-0.4, -0.2) is 24.4 Å². The van der Waals surface area contributed by atoms with E-state index in [4.69, 9.17) is 0 Å². The first-order chi connectivity index (χ1) is 7.31. The van der Waals surface area contributed by atoms with E-state index in [0.29, 0.717) is 5.56 Å². The molecule has 3 nitrogen and oxygen atoms in total. The summed E-state index contributed by atoms with van der Waals surface area (Å²) in [5.74, 6) is 0.802. The number of hydrogen-bond donors (Lipinski definition) is 0. The van der Waals surface area contributed by atoms with Crippen LogP contribution < -0.4 is 4.90 Å². The highest BCUT2D eigenvalue weighted by atomic mass is 16.1. The molecule has 0 N–H and O–H groups in total. The summed E-state index contributed by atoms with van der Waals surface area (Å²) in [5.41, 5.74) is 2.08. The Kier molecular flexibility index (Phi) is 2.81. The van der Waals surface area contributed by atoms with Crippen molar-refractivity contribution in [3.8, 4) is 0 Å². The zero-order valence-electron chi connectivity index (χ0n) is 8.81. The molecule has 0 fully saturated rings. The lowest BCUT2D eigenvalue weighted by molar-refractivity contribution is 0.112. The molecular formula is C12H14N2O. The number of rotatable bonds is 2. The van der Waals surface area contributed by atoms with Crippen LogP contribution in [0.2, 0.25) is 0 Å². The number of anilines is 1. The van der Waals surface area contributed by atoms with Crippen LogP contribution in [0, 0.1) is 0 Å². The van der Waals surface area contributed by atoms with Crippen molar-refractivity contribution in [3.05, 3.63) is 35.5 Å². The quantitative estimate of drug-likeness (QED) is 0.543. The Bertz CT molecular complexity index is 398. The fourth-order valence-electron chi connectivity index (χ4n) is 1.73. The second-order valence-corrected chi connectivity index (χ2v) is 3.78. The van der Waals surface area contributed by atoms with Crippen LogP contribution >= 0.6 is 0 Å². The van der Waals surface area contributed by atoms with Gasteiger partial charge >= 0.3 is 0 Å². The summed E-state index contributed by atoms with van der Waals surface area (Å²) in [5, 5.41) is 0. The number of aromatic nitrogens is 1. The van der Waals surface area contributed by atoms with E-state index in [1.807, 2.05) is 0 Å². The van der Waals surface area contributed by atoms with E-state index in [-0.39, 0.29) is 0 Å². The SMILES string of the molecule is CC1=CCN(c2ncccc2C=O)CC1. The van der Waals surface area contributed by atoms with Crippen molar-refractivity contribution < 1.29 is 4.79 Å². The molecule has 1 aromatic rings. The molecule has 2 heterocycles. The molecule has 0 bridgehead atoms. The van der Waals surface area contributed by atoms with E-state index in [0.717, 1.165) is 31.6 Å². The second kappa shape index (κ2) is 4.26. The van der Waals surface area contributed by atoms with Crippen molar-refractivity contribution in [2.24, 2.45) is 0 Å². The average Bonchev–Trinajstić information content (AvgIpc) is 2.30. The maximum Gasteiger partial charge on any atom is 0.153 e. The van der Waals surface area contributed by atoms with Gasteiger partial charge in [0.15, 0.2) is 6.29 Å². The van der Waals surface area contributed by atoms with E-state index in [1.54, 1.807) is 18.3 Å². The normalized spacial score (nSPS) is 16.1. The molecule has 0 saturated heterocycles. The van der Waals surface area contributed by atoms with Crippen molar-refractivity contribution >= 4 is 12.1 Å². The summed E-state index contributed by atoms with van der Waals surface area (Å²) in [4.78, 5) is 17.3. The van der Waals surface area contributed by atoms with Gasteiger partial charge in [0.2, 0.25) is 0 Å². The lowest BCUT2D eigenvalue weighted by Crippen LogP contribution is -2.29. The molecule has 0 aliphatic carbocycles. The molecule has 1 aromatic heterocycles. The van der Waals surface area contributed by atoms with Crippen molar-refractivity contribution in [1.82, 2.24) is 4.98 Å². The summed E-state index contributed by atoms with van der Waals surface area (Å²) < 4.78 is 0. The highest BCUT2D eigenvalue weighted by molar-refractivity contribution is 5.82. The molecule has 0 unspecified atom stereocenters. The monoisotopic (exact) mass is 202 g/mol. The first-order valence-electron chi connectivity index (χ1n) is 5.12. The van der Waals surface area contributed by atoms with Gasteiger partial charge in [-0.2, -0.15) is 0 Å². The number of nitrogens with zero attached hydrogens (tertiary/aromatic N) is 2. The van der Waals surface area contributed by atoms with E-state index < -0.39 is 0 Å². The van der Waals surface area contributed by atoms with Gasteiger partial charge in [-0.15, -0.1) is 0 Å². The Morgan fingerprint density at radius 3 is 3.07 bits per heavy atom. The molecule has 0 spiro atoms. The number of hydrogen-bond acceptors (Lipinski definition) is 3. The van der Waals surface area contributed by atoms with E-state index in [1.165, 1.54) is 5.57 Å². The average molecular weight is 202 g/mol. The molecule has 15 heavy (non-hydrogen) atoms. The fraction of sp³-hybridized carbons (Fsp3) is 0.333. The first-order valence-corrected chi connectivity index (χ1v) is 5.12. The molecule has 78 valence electrons. The lowest BCUT2D eigenvalue weighted by atomic mass is 10.1. The maximum atomic E-state index is 10.9.